The van der Waals surface area contributed by atoms with Crippen molar-refractivity contribution in [3.05, 3.63) is 64.4 Å². The lowest BCUT2D eigenvalue weighted by Gasteiger charge is -2.08. The van der Waals surface area contributed by atoms with Crippen LogP contribution in [-0.4, -0.2) is 29.4 Å². The van der Waals surface area contributed by atoms with Gasteiger partial charge in [-0.25, -0.2) is 14.8 Å². The number of aliphatic hydroxyl groups is 1. The molecule has 124 valence electrons. The lowest BCUT2D eigenvalue weighted by Crippen LogP contribution is -2.09. The molecular weight excluding hydrogens is 304 g/mol. The van der Waals surface area contributed by atoms with Gasteiger partial charge in [0.25, 0.3) is 0 Å². The van der Waals surface area contributed by atoms with E-state index in [2.05, 4.69) is 9.98 Å². The highest BCUT2D eigenvalue weighted by molar-refractivity contribution is 6.15. The average Bonchev–Trinajstić information content (AvgIpc) is 2.57. The standard InChI is InChI=1S/C19H20N2O3/c1-12-8-9-15(10-13(12)2)18(22)16(19(23)24-4)11-20-17-7-5-6-14(3)21-17/h5-11,22H,1-4H3. The van der Waals surface area contributed by atoms with Gasteiger partial charge in [0.1, 0.15) is 11.3 Å². The van der Waals surface area contributed by atoms with Gasteiger partial charge in [-0.2, -0.15) is 0 Å². The van der Waals surface area contributed by atoms with E-state index < -0.39 is 5.97 Å². The number of hydrogen-bond acceptors (Lipinski definition) is 5. The molecule has 0 saturated heterocycles. The van der Waals surface area contributed by atoms with E-state index in [4.69, 9.17) is 4.74 Å². The highest BCUT2D eigenvalue weighted by Gasteiger charge is 2.16. The molecule has 0 atom stereocenters. The number of carbonyl (C=O) groups excluding carboxylic acids is 1. The molecule has 1 aromatic heterocycles. The largest absolute Gasteiger partial charge is 0.506 e. The SMILES string of the molecule is COC(=O)C(C=Nc1cccc(C)n1)=C(O)c1ccc(C)c(C)c1. The second-order valence-corrected chi connectivity index (χ2v) is 5.45. The molecule has 0 aliphatic carbocycles. The van der Waals surface area contributed by atoms with Gasteiger partial charge in [-0.15, -0.1) is 0 Å². The van der Waals surface area contributed by atoms with Crippen molar-refractivity contribution in [2.24, 2.45) is 4.99 Å². The predicted octanol–water partition coefficient (Wildman–Crippen LogP) is 3.85. The number of aliphatic imine (C=N–C) groups is 1. The number of nitrogens with zero attached hydrogens (tertiary/aromatic N) is 2. The third-order valence-electron chi connectivity index (χ3n) is 3.64. The molecule has 0 unspecified atom stereocenters. The zero-order valence-electron chi connectivity index (χ0n) is 14.2. The van der Waals surface area contributed by atoms with Crippen molar-refractivity contribution in [3.63, 3.8) is 0 Å². The maximum atomic E-state index is 12.0. The summed E-state index contributed by atoms with van der Waals surface area (Å²) >= 11 is 0. The first kappa shape index (κ1) is 17.4. The van der Waals surface area contributed by atoms with Gasteiger partial charge in [-0.1, -0.05) is 18.2 Å². The third kappa shape index (κ3) is 4.07. The van der Waals surface area contributed by atoms with E-state index in [1.807, 2.05) is 45.0 Å². The zero-order chi connectivity index (χ0) is 17.7. The van der Waals surface area contributed by atoms with E-state index >= 15 is 0 Å². The number of benzene rings is 1. The van der Waals surface area contributed by atoms with Crippen LogP contribution < -0.4 is 0 Å². The fourth-order valence-corrected chi connectivity index (χ4v) is 2.10. The Balaban J connectivity index is 2.47. The smallest absolute Gasteiger partial charge is 0.343 e. The minimum atomic E-state index is -0.665. The Labute approximate surface area is 141 Å². The summed E-state index contributed by atoms with van der Waals surface area (Å²) in [7, 11) is 1.26. The van der Waals surface area contributed by atoms with E-state index in [0.717, 1.165) is 16.8 Å². The Morgan fingerprint density at radius 1 is 1.17 bits per heavy atom. The quantitative estimate of drug-likeness (QED) is 0.401. The van der Waals surface area contributed by atoms with E-state index in [-0.39, 0.29) is 11.3 Å². The van der Waals surface area contributed by atoms with Crippen molar-refractivity contribution in [2.75, 3.05) is 7.11 Å². The van der Waals surface area contributed by atoms with Crippen molar-refractivity contribution in [3.8, 4) is 0 Å². The molecule has 5 heteroatoms. The molecule has 0 aliphatic heterocycles. The highest BCUT2D eigenvalue weighted by Crippen LogP contribution is 2.20. The molecule has 1 N–H and O–H groups in total. The van der Waals surface area contributed by atoms with Crippen molar-refractivity contribution in [1.29, 1.82) is 0 Å². The van der Waals surface area contributed by atoms with Crippen LogP contribution in [0.5, 0.6) is 0 Å². The Morgan fingerprint density at radius 3 is 2.54 bits per heavy atom. The predicted molar refractivity (Wildman–Crippen MR) is 94.6 cm³/mol. The van der Waals surface area contributed by atoms with Crippen LogP contribution in [0.1, 0.15) is 22.4 Å². The normalized spacial score (nSPS) is 12.2. The van der Waals surface area contributed by atoms with Gasteiger partial charge in [0.05, 0.1) is 7.11 Å². The molecular formula is C19H20N2O3. The monoisotopic (exact) mass is 324 g/mol. The van der Waals surface area contributed by atoms with E-state index in [0.29, 0.717) is 11.4 Å². The summed E-state index contributed by atoms with van der Waals surface area (Å²) in [6, 6.07) is 10.8. The van der Waals surface area contributed by atoms with E-state index in [1.165, 1.54) is 13.3 Å². The van der Waals surface area contributed by atoms with E-state index in [1.54, 1.807) is 12.1 Å². The summed E-state index contributed by atoms with van der Waals surface area (Å²) in [6.45, 7) is 5.77. The molecule has 2 aromatic rings. The number of esters is 1. The number of carbonyl (C=O) groups is 1. The molecule has 0 amide bonds. The first-order valence-corrected chi connectivity index (χ1v) is 7.49. The van der Waals surface area contributed by atoms with Crippen LogP contribution in [0.2, 0.25) is 0 Å². The summed E-state index contributed by atoms with van der Waals surface area (Å²) in [5.41, 5.74) is 3.43. The fraction of sp³-hybridized carbons (Fsp3) is 0.211. The average molecular weight is 324 g/mol. The zero-order valence-corrected chi connectivity index (χ0v) is 14.2. The van der Waals surface area contributed by atoms with Gasteiger partial charge in [0.15, 0.2) is 5.82 Å². The number of pyridine rings is 1. The lowest BCUT2D eigenvalue weighted by molar-refractivity contribution is -0.135. The molecule has 0 aliphatic rings. The molecule has 1 heterocycles. The van der Waals surface area contributed by atoms with Crippen molar-refractivity contribution < 1.29 is 14.6 Å². The Hall–Kier alpha value is -2.95. The van der Waals surface area contributed by atoms with Crippen LogP contribution in [0.15, 0.2) is 47.0 Å². The summed E-state index contributed by atoms with van der Waals surface area (Å²) in [6.07, 6.45) is 1.28. The topological polar surface area (TPSA) is 71.8 Å². The Kier molecular flexibility index (Phi) is 5.47. The maximum absolute atomic E-state index is 12.0. The maximum Gasteiger partial charge on any atom is 0.343 e. The minimum absolute atomic E-state index is 0.0240. The number of aliphatic hydroxyl groups excluding tert-OH is 1. The van der Waals surface area contributed by atoms with Gasteiger partial charge < -0.3 is 9.84 Å². The number of aromatic nitrogens is 1. The van der Waals surface area contributed by atoms with Gasteiger partial charge in [-0.3, -0.25) is 0 Å². The molecule has 24 heavy (non-hydrogen) atoms. The molecule has 0 bridgehead atoms. The Morgan fingerprint density at radius 2 is 1.92 bits per heavy atom. The first-order valence-electron chi connectivity index (χ1n) is 7.49. The Bertz CT molecular complexity index is 823. The first-order chi connectivity index (χ1) is 11.4. The second kappa shape index (κ2) is 7.55. The molecule has 0 radical (unpaired) electrons. The summed E-state index contributed by atoms with van der Waals surface area (Å²) < 4.78 is 4.75. The number of aryl methyl sites for hydroxylation is 3. The van der Waals surface area contributed by atoms with Gasteiger partial charge in [0, 0.05) is 17.5 Å². The summed E-state index contributed by atoms with van der Waals surface area (Å²) in [5.74, 6) is -0.396. The summed E-state index contributed by atoms with van der Waals surface area (Å²) in [4.78, 5) is 20.4. The number of methoxy groups -OCH3 is 1. The third-order valence-corrected chi connectivity index (χ3v) is 3.64. The van der Waals surface area contributed by atoms with Crippen molar-refractivity contribution in [2.45, 2.75) is 20.8 Å². The lowest BCUT2D eigenvalue weighted by atomic mass is 10.0. The molecule has 0 saturated carbocycles. The minimum Gasteiger partial charge on any atom is -0.506 e. The number of ether oxygens (including phenoxy) is 1. The molecule has 1 aromatic carbocycles. The molecule has 5 nitrogen and oxygen atoms in total. The highest BCUT2D eigenvalue weighted by atomic mass is 16.5. The van der Waals surface area contributed by atoms with Crippen LogP contribution >= 0.6 is 0 Å². The van der Waals surface area contributed by atoms with Gasteiger partial charge in [-0.05, 0) is 50.1 Å². The van der Waals surface area contributed by atoms with Crippen molar-refractivity contribution in [1.82, 2.24) is 4.98 Å². The van der Waals surface area contributed by atoms with Crippen LogP contribution in [0.3, 0.4) is 0 Å². The molecule has 2 rings (SSSR count). The van der Waals surface area contributed by atoms with Gasteiger partial charge in [0.2, 0.25) is 0 Å². The van der Waals surface area contributed by atoms with Crippen LogP contribution in [-0.2, 0) is 9.53 Å². The fourth-order valence-electron chi connectivity index (χ4n) is 2.10. The van der Waals surface area contributed by atoms with E-state index in [9.17, 15) is 9.90 Å². The second-order valence-electron chi connectivity index (χ2n) is 5.45. The van der Waals surface area contributed by atoms with Crippen LogP contribution in [0.4, 0.5) is 5.82 Å². The van der Waals surface area contributed by atoms with Crippen LogP contribution in [0.25, 0.3) is 5.76 Å². The molecule has 0 spiro atoms. The number of hydrogen-bond donors (Lipinski definition) is 1. The van der Waals surface area contributed by atoms with Gasteiger partial charge >= 0.3 is 5.97 Å². The number of rotatable bonds is 4. The molecule has 0 fully saturated rings. The summed E-state index contributed by atoms with van der Waals surface area (Å²) in [5, 5.41) is 10.5. The van der Waals surface area contributed by atoms with Crippen molar-refractivity contribution >= 4 is 23.8 Å². The van der Waals surface area contributed by atoms with Crippen LogP contribution in [0, 0.1) is 20.8 Å².